The molecule has 7 N–H and O–H groups in total. The molecule has 0 saturated heterocycles. The van der Waals surface area contributed by atoms with E-state index in [2.05, 4.69) is 13.8 Å². The van der Waals surface area contributed by atoms with Crippen molar-refractivity contribution in [1.82, 2.24) is 4.90 Å². The first-order valence-electron chi connectivity index (χ1n) is 8.99. The molecule has 0 fully saturated rings. The summed E-state index contributed by atoms with van der Waals surface area (Å²) in [6.07, 6.45) is 2.47. The molecule has 9 heteroatoms. The van der Waals surface area contributed by atoms with Crippen molar-refractivity contribution in [3.63, 3.8) is 0 Å². The lowest BCUT2D eigenvalue weighted by atomic mass is 9.81. The second kappa shape index (κ2) is 13.1. The first-order valence-corrected chi connectivity index (χ1v) is 8.99. The topological polar surface area (TPSA) is 150 Å². The molecule has 25 heavy (non-hydrogen) atoms. The molecule has 0 bridgehead atoms. The molecular weight excluding hydrogens is 325 g/mol. The Morgan fingerprint density at radius 2 is 1.80 bits per heavy atom. The van der Waals surface area contributed by atoms with Crippen LogP contribution in [-0.4, -0.2) is 64.7 Å². The molecule has 2 atom stereocenters. The Labute approximate surface area is 150 Å². The Bertz CT molecular complexity index is 396. The van der Waals surface area contributed by atoms with E-state index in [4.69, 9.17) is 26.6 Å². The van der Waals surface area contributed by atoms with Crippen LogP contribution in [0.2, 0.25) is 6.32 Å². The lowest BCUT2D eigenvalue weighted by Crippen LogP contribution is -2.47. The Morgan fingerprint density at radius 1 is 1.16 bits per heavy atom. The van der Waals surface area contributed by atoms with Crippen LogP contribution < -0.4 is 11.5 Å². The van der Waals surface area contributed by atoms with Gasteiger partial charge in [-0.25, -0.2) is 0 Å². The SMILES string of the molecule is CC(C)CC[C@H](N)C(=O)N(CCN)CC(CCCB(O)O)CC(=O)O. The average molecular weight is 359 g/mol. The fourth-order valence-electron chi connectivity index (χ4n) is 2.72. The largest absolute Gasteiger partial charge is 0.481 e. The molecule has 0 saturated carbocycles. The highest BCUT2D eigenvalue weighted by Crippen LogP contribution is 2.17. The molecule has 0 aromatic carbocycles. The summed E-state index contributed by atoms with van der Waals surface area (Å²) in [5, 5.41) is 26.9. The zero-order chi connectivity index (χ0) is 19.4. The number of nitrogens with two attached hydrogens (primary N) is 2. The highest BCUT2D eigenvalue weighted by atomic mass is 16.4. The normalized spacial score (nSPS) is 13.6. The molecule has 146 valence electrons. The fraction of sp³-hybridized carbons (Fsp3) is 0.875. The fourth-order valence-corrected chi connectivity index (χ4v) is 2.72. The van der Waals surface area contributed by atoms with Crippen LogP contribution in [0.4, 0.5) is 0 Å². The van der Waals surface area contributed by atoms with Gasteiger partial charge in [-0.1, -0.05) is 20.3 Å². The molecule has 0 spiro atoms. The van der Waals surface area contributed by atoms with Gasteiger partial charge < -0.3 is 31.5 Å². The number of carbonyl (C=O) groups is 2. The van der Waals surface area contributed by atoms with E-state index in [1.54, 1.807) is 4.90 Å². The molecule has 0 aliphatic carbocycles. The molecule has 0 aromatic heterocycles. The number of amides is 1. The van der Waals surface area contributed by atoms with Crippen LogP contribution in [-0.2, 0) is 9.59 Å². The van der Waals surface area contributed by atoms with Crippen LogP contribution in [0.25, 0.3) is 0 Å². The molecule has 0 heterocycles. The molecule has 1 amide bonds. The van der Waals surface area contributed by atoms with Crippen molar-refractivity contribution in [2.24, 2.45) is 23.3 Å². The number of carboxylic acids is 1. The van der Waals surface area contributed by atoms with Gasteiger partial charge in [0, 0.05) is 26.1 Å². The highest BCUT2D eigenvalue weighted by Gasteiger charge is 2.25. The average Bonchev–Trinajstić information content (AvgIpc) is 2.50. The second-order valence-electron chi connectivity index (χ2n) is 7.03. The smallest absolute Gasteiger partial charge is 0.451 e. The van der Waals surface area contributed by atoms with Gasteiger partial charge >= 0.3 is 13.1 Å². The number of carbonyl (C=O) groups excluding carboxylic acids is 1. The number of rotatable bonds is 14. The van der Waals surface area contributed by atoms with Crippen molar-refractivity contribution in [3.8, 4) is 0 Å². The van der Waals surface area contributed by atoms with Crippen LogP contribution in [0, 0.1) is 11.8 Å². The number of aliphatic carboxylic acids is 1. The predicted octanol–water partition coefficient (Wildman–Crippen LogP) is -0.119. The van der Waals surface area contributed by atoms with Crippen LogP contribution >= 0.6 is 0 Å². The summed E-state index contributed by atoms with van der Waals surface area (Å²) in [5.41, 5.74) is 11.6. The van der Waals surface area contributed by atoms with Crippen LogP contribution in [0.15, 0.2) is 0 Å². The number of carboxylic acid groups (broad SMARTS) is 1. The van der Waals surface area contributed by atoms with Gasteiger partial charge in [0.25, 0.3) is 0 Å². The van der Waals surface area contributed by atoms with Crippen LogP contribution in [0.3, 0.4) is 0 Å². The maximum absolute atomic E-state index is 12.6. The van der Waals surface area contributed by atoms with E-state index < -0.39 is 19.1 Å². The Balaban J connectivity index is 4.80. The lowest BCUT2D eigenvalue weighted by Gasteiger charge is -2.29. The zero-order valence-corrected chi connectivity index (χ0v) is 15.4. The quantitative estimate of drug-likeness (QED) is 0.271. The van der Waals surface area contributed by atoms with Crippen molar-refractivity contribution in [2.75, 3.05) is 19.6 Å². The van der Waals surface area contributed by atoms with Crippen molar-refractivity contribution in [2.45, 2.75) is 58.3 Å². The summed E-state index contributed by atoms with van der Waals surface area (Å²) in [7, 11) is -1.41. The van der Waals surface area contributed by atoms with Crippen molar-refractivity contribution >= 4 is 19.0 Å². The van der Waals surface area contributed by atoms with Gasteiger partial charge in [-0.05, 0) is 37.4 Å². The van der Waals surface area contributed by atoms with E-state index in [1.165, 1.54) is 0 Å². The van der Waals surface area contributed by atoms with E-state index in [-0.39, 0.29) is 37.7 Å². The molecule has 0 aliphatic heterocycles. The van der Waals surface area contributed by atoms with E-state index in [1.807, 2.05) is 0 Å². The maximum atomic E-state index is 12.6. The number of hydrogen-bond acceptors (Lipinski definition) is 6. The van der Waals surface area contributed by atoms with E-state index in [0.29, 0.717) is 31.7 Å². The molecule has 8 nitrogen and oxygen atoms in total. The van der Waals surface area contributed by atoms with E-state index in [9.17, 15) is 9.59 Å². The van der Waals surface area contributed by atoms with Gasteiger partial charge in [-0.15, -0.1) is 0 Å². The third-order valence-electron chi connectivity index (χ3n) is 4.10. The molecule has 0 radical (unpaired) electrons. The molecular formula is C16H34BN3O5. The summed E-state index contributed by atoms with van der Waals surface area (Å²) < 4.78 is 0. The maximum Gasteiger partial charge on any atom is 0.451 e. The number of nitrogens with zero attached hydrogens (tertiary/aromatic N) is 1. The standard InChI is InChI=1S/C16H34BN3O5/c1-12(2)5-6-14(19)16(23)20(9-8-18)11-13(10-15(21)22)4-3-7-17(24)25/h12-14,24-25H,3-11,18-19H2,1-2H3,(H,21,22)/t13?,14-/m0/s1. The summed E-state index contributed by atoms with van der Waals surface area (Å²) in [6, 6.07) is -0.612. The monoisotopic (exact) mass is 359 g/mol. The van der Waals surface area contributed by atoms with Gasteiger partial charge in [0.15, 0.2) is 0 Å². The molecule has 0 rings (SSSR count). The zero-order valence-electron chi connectivity index (χ0n) is 15.4. The van der Waals surface area contributed by atoms with Crippen molar-refractivity contribution in [3.05, 3.63) is 0 Å². The van der Waals surface area contributed by atoms with E-state index in [0.717, 1.165) is 6.42 Å². The van der Waals surface area contributed by atoms with Gasteiger partial charge in [0.1, 0.15) is 0 Å². The van der Waals surface area contributed by atoms with Crippen molar-refractivity contribution < 1.29 is 24.7 Å². The Morgan fingerprint density at radius 3 is 2.28 bits per heavy atom. The van der Waals surface area contributed by atoms with Crippen molar-refractivity contribution in [1.29, 1.82) is 0 Å². The van der Waals surface area contributed by atoms with Gasteiger partial charge in [-0.2, -0.15) is 0 Å². The van der Waals surface area contributed by atoms with Gasteiger partial charge in [0.2, 0.25) is 5.91 Å². The summed E-state index contributed by atoms with van der Waals surface area (Å²) in [4.78, 5) is 25.2. The first kappa shape index (κ1) is 23.8. The first-order chi connectivity index (χ1) is 11.7. The summed E-state index contributed by atoms with van der Waals surface area (Å²) in [5.74, 6) is -0.974. The molecule has 0 aromatic rings. The predicted molar refractivity (Wildman–Crippen MR) is 97.7 cm³/mol. The third-order valence-corrected chi connectivity index (χ3v) is 4.10. The third kappa shape index (κ3) is 11.9. The van der Waals surface area contributed by atoms with Gasteiger partial charge in [-0.3, -0.25) is 9.59 Å². The highest BCUT2D eigenvalue weighted by molar-refractivity contribution is 6.40. The van der Waals surface area contributed by atoms with E-state index >= 15 is 0 Å². The summed E-state index contributed by atoms with van der Waals surface area (Å²) >= 11 is 0. The summed E-state index contributed by atoms with van der Waals surface area (Å²) in [6.45, 7) is 4.99. The minimum Gasteiger partial charge on any atom is -0.481 e. The Hall–Kier alpha value is -1.16. The minimum absolute atomic E-state index is 0.0862. The number of hydrogen-bond donors (Lipinski definition) is 5. The minimum atomic E-state index is -1.41. The van der Waals surface area contributed by atoms with Crippen LogP contribution in [0.1, 0.15) is 46.0 Å². The molecule has 0 aliphatic rings. The second-order valence-corrected chi connectivity index (χ2v) is 7.03. The molecule has 1 unspecified atom stereocenters. The van der Waals surface area contributed by atoms with Gasteiger partial charge in [0.05, 0.1) is 6.04 Å². The Kier molecular flexibility index (Phi) is 12.5. The lowest BCUT2D eigenvalue weighted by molar-refractivity contribution is -0.140. The van der Waals surface area contributed by atoms with Crippen LogP contribution in [0.5, 0.6) is 0 Å².